The molecule has 2 heteroatoms. The van der Waals surface area contributed by atoms with Gasteiger partial charge in [0.25, 0.3) is 0 Å². The Morgan fingerprint density at radius 3 is 2.62 bits per heavy atom. The third kappa shape index (κ3) is 3.70. The molecular weight excluding hydrogens is 310 g/mol. The van der Waals surface area contributed by atoms with Crippen LogP contribution in [0.1, 0.15) is 62.3 Å². The highest BCUT2D eigenvalue weighted by molar-refractivity contribution is 7.99. The van der Waals surface area contributed by atoms with Crippen molar-refractivity contribution in [3.05, 3.63) is 65.2 Å². The maximum atomic E-state index is 4.09. The Kier molecular flexibility index (Phi) is 5.68. The summed E-state index contributed by atoms with van der Waals surface area (Å²) in [6.07, 6.45) is 4.98. The van der Waals surface area contributed by atoms with Crippen LogP contribution in [0.2, 0.25) is 0 Å². The molecule has 0 aliphatic carbocycles. The van der Waals surface area contributed by atoms with Crippen molar-refractivity contribution in [2.45, 2.75) is 62.9 Å². The van der Waals surface area contributed by atoms with Gasteiger partial charge in [0.15, 0.2) is 0 Å². The fourth-order valence-corrected chi connectivity index (χ4v) is 4.99. The highest BCUT2D eigenvalue weighted by Crippen LogP contribution is 2.41. The summed E-state index contributed by atoms with van der Waals surface area (Å²) in [5.74, 6) is 1.16. The monoisotopic (exact) mass is 339 g/mol. The first-order valence-corrected chi connectivity index (χ1v) is 10.2. The minimum Gasteiger partial charge on any atom is -0.300 e. The van der Waals surface area contributed by atoms with Gasteiger partial charge in [-0.1, -0.05) is 74.7 Å². The molecule has 24 heavy (non-hydrogen) atoms. The van der Waals surface area contributed by atoms with Gasteiger partial charge >= 0.3 is 0 Å². The third-order valence-electron chi connectivity index (χ3n) is 5.25. The van der Waals surface area contributed by atoms with Crippen molar-refractivity contribution >= 4 is 11.8 Å². The lowest BCUT2D eigenvalue weighted by Crippen LogP contribution is -2.48. The summed E-state index contributed by atoms with van der Waals surface area (Å²) < 4.78 is 0. The Balaban J connectivity index is 2.04. The molecule has 0 saturated heterocycles. The number of thioether (sulfide) groups is 1. The molecule has 2 aromatic rings. The lowest BCUT2D eigenvalue weighted by molar-refractivity contribution is 0.298. The lowest BCUT2D eigenvalue weighted by atomic mass is 9.88. The van der Waals surface area contributed by atoms with Crippen LogP contribution in [-0.4, -0.2) is 11.3 Å². The SMILES string of the molecule is CCCCC1(CC)CSc2ccc(C)cc2C(c2ccccc2)N1. The first kappa shape index (κ1) is 17.6. The van der Waals surface area contributed by atoms with Gasteiger partial charge in [0.05, 0.1) is 6.04 Å². The second kappa shape index (κ2) is 7.76. The molecule has 0 spiro atoms. The molecular formula is C22H29NS. The molecule has 1 heterocycles. The molecule has 2 atom stereocenters. The van der Waals surface area contributed by atoms with E-state index in [2.05, 4.69) is 74.6 Å². The van der Waals surface area contributed by atoms with Crippen LogP contribution in [0.3, 0.4) is 0 Å². The van der Waals surface area contributed by atoms with Crippen LogP contribution in [-0.2, 0) is 0 Å². The minimum atomic E-state index is 0.216. The minimum absolute atomic E-state index is 0.216. The van der Waals surface area contributed by atoms with Crippen molar-refractivity contribution in [2.75, 3.05) is 5.75 Å². The molecule has 0 radical (unpaired) electrons. The van der Waals surface area contributed by atoms with Crippen LogP contribution in [0.15, 0.2) is 53.4 Å². The molecule has 1 aliphatic heterocycles. The standard InChI is InChI=1S/C22H29NS/c1-4-6-14-22(5-2)16-24-20-13-12-17(3)15-19(20)21(23-22)18-10-8-7-9-11-18/h7-13,15,21,23H,4-6,14,16H2,1-3H3. The average Bonchev–Trinajstić information content (AvgIpc) is 2.78. The van der Waals surface area contributed by atoms with E-state index in [9.17, 15) is 0 Å². The summed E-state index contributed by atoms with van der Waals surface area (Å²) in [7, 11) is 0. The molecule has 1 N–H and O–H groups in total. The van der Waals surface area contributed by atoms with Crippen LogP contribution < -0.4 is 5.32 Å². The maximum Gasteiger partial charge on any atom is 0.0592 e. The largest absolute Gasteiger partial charge is 0.300 e. The lowest BCUT2D eigenvalue weighted by Gasteiger charge is -2.36. The molecule has 1 nitrogen and oxygen atoms in total. The van der Waals surface area contributed by atoms with Gasteiger partial charge in [0.1, 0.15) is 0 Å². The predicted molar refractivity (Wildman–Crippen MR) is 106 cm³/mol. The van der Waals surface area contributed by atoms with Crippen LogP contribution in [0, 0.1) is 6.92 Å². The van der Waals surface area contributed by atoms with Gasteiger partial charge in [-0.15, -0.1) is 11.8 Å². The molecule has 0 saturated carbocycles. The van der Waals surface area contributed by atoms with Gasteiger partial charge in [-0.25, -0.2) is 0 Å². The Morgan fingerprint density at radius 1 is 1.12 bits per heavy atom. The van der Waals surface area contributed by atoms with E-state index < -0.39 is 0 Å². The topological polar surface area (TPSA) is 12.0 Å². The zero-order valence-corrected chi connectivity index (χ0v) is 16.0. The number of hydrogen-bond donors (Lipinski definition) is 1. The molecule has 0 bridgehead atoms. The van der Waals surface area contributed by atoms with Gasteiger partial charge in [-0.3, -0.25) is 5.32 Å². The predicted octanol–water partition coefficient (Wildman–Crippen LogP) is 6.12. The Labute approximate surface area is 151 Å². The van der Waals surface area contributed by atoms with E-state index in [1.165, 1.54) is 47.3 Å². The van der Waals surface area contributed by atoms with Crippen molar-refractivity contribution in [2.24, 2.45) is 0 Å². The number of nitrogens with one attached hydrogen (secondary N) is 1. The smallest absolute Gasteiger partial charge is 0.0592 e. The Hall–Kier alpha value is -1.25. The Morgan fingerprint density at radius 2 is 1.92 bits per heavy atom. The van der Waals surface area contributed by atoms with Gasteiger partial charge in [-0.05, 0) is 37.0 Å². The molecule has 1 aliphatic rings. The fraction of sp³-hybridized carbons (Fsp3) is 0.455. The van der Waals surface area contributed by atoms with Crippen LogP contribution in [0.4, 0.5) is 0 Å². The normalized spacial score (nSPS) is 23.5. The number of rotatable bonds is 5. The molecule has 0 fully saturated rings. The van der Waals surface area contributed by atoms with E-state index in [4.69, 9.17) is 0 Å². The molecule has 2 unspecified atom stereocenters. The molecule has 0 amide bonds. The van der Waals surface area contributed by atoms with E-state index >= 15 is 0 Å². The first-order chi connectivity index (χ1) is 11.7. The van der Waals surface area contributed by atoms with E-state index in [-0.39, 0.29) is 11.6 Å². The van der Waals surface area contributed by atoms with Crippen LogP contribution >= 0.6 is 11.8 Å². The molecule has 3 rings (SSSR count). The van der Waals surface area contributed by atoms with Crippen LogP contribution in [0.25, 0.3) is 0 Å². The molecule has 0 aromatic heterocycles. The van der Waals surface area contributed by atoms with Crippen molar-refractivity contribution in [3.8, 4) is 0 Å². The van der Waals surface area contributed by atoms with Crippen molar-refractivity contribution in [1.82, 2.24) is 5.32 Å². The number of aryl methyl sites for hydroxylation is 1. The van der Waals surface area contributed by atoms with E-state index in [0.717, 1.165) is 5.75 Å². The molecule has 2 aromatic carbocycles. The summed E-state index contributed by atoms with van der Waals surface area (Å²) in [5, 5.41) is 4.09. The van der Waals surface area contributed by atoms with Crippen molar-refractivity contribution < 1.29 is 0 Å². The summed E-state index contributed by atoms with van der Waals surface area (Å²) in [5.41, 5.74) is 4.38. The average molecular weight is 340 g/mol. The van der Waals surface area contributed by atoms with Crippen molar-refractivity contribution in [3.63, 3.8) is 0 Å². The van der Waals surface area contributed by atoms with Crippen LogP contribution in [0.5, 0.6) is 0 Å². The maximum absolute atomic E-state index is 4.09. The van der Waals surface area contributed by atoms with E-state index in [1.54, 1.807) is 0 Å². The highest BCUT2D eigenvalue weighted by atomic mass is 32.2. The Bertz CT molecular complexity index is 667. The van der Waals surface area contributed by atoms with E-state index in [0.29, 0.717) is 0 Å². The van der Waals surface area contributed by atoms with Gasteiger partial charge in [-0.2, -0.15) is 0 Å². The second-order valence-corrected chi connectivity index (χ2v) is 8.07. The third-order valence-corrected chi connectivity index (χ3v) is 6.63. The van der Waals surface area contributed by atoms with E-state index in [1.807, 2.05) is 11.8 Å². The zero-order valence-electron chi connectivity index (χ0n) is 15.1. The quantitative estimate of drug-likeness (QED) is 0.704. The fourth-order valence-electron chi connectivity index (χ4n) is 3.62. The number of unbranched alkanes of at least 4 members (excludes halogenated alkanes) is 1. The summed E-state index contributed by atoms with van der Waals surface area (Å²) in [6.45, 7) is 6.83. The summed E-state index contributed by atoms with van der Waals surface area (Å²) >= 11 is 2.04. The molecule has 128 valence electrons. The first-order valence-electron chi connectivity index (χ1n) is 9.23. The van der Waals surface area contributed by atoms with Gasteiger partial charge < -0.3 is 0 Å². The van der Waals surface area contributed by atoms with Gasteiger partial charge in [0.2, 0.25) is 0 Å². The number of hydrogen-bond acceptors (Lipinski definition) is 2. The second-order valence-electron chi connectivity index (χ2n) is 7.06. The number of fused-ring (bicyclic) bond motifs is 1. The summed E-state index contributed by atoms with van der Waals surface area (Å²) in [6, 6.07) is 18.2. The van der Waals surface area contributed by atoms with Gasteiger partial charge in [0, 0.05) is 16.2 Å². The van der Waals surface area contributed by atoms with Crippen molar-refractivity contribution in [1.29, 1.82) is 0 Å². The number of benzene rings is 2. The highest BCUT2D eigenvalue weighted by Gasteiger charge is 2.35. The summed E-state index contributed by atoms with van der Waals surface area (Å²) in [4.78, 5) is 1.44. The zero-order chi connectivity index (χ0) is 17.0.